The topological polar surface area (TPSA) is 60.9 Å². The first kappa shape index (κ1) is 17.9. The zero-order valence-electron chi connectivity index (χ0n) is 13.4. The Morgan fingerprint density at radius 3 is 2.39 bits per heavy atom. The second-order valence-electron chi connectivity index (χ2n) is 5.71. The van der Waals surface area contributed by atoms with Crippen molar-refractivity contribution in [3.63, 3.8) is 0 Å². The number of amides is 2. The van der Waals surface area contributed by atoms with Crippen LogP contribution < -0.4 is 0 Å². The number of hydrogen-bond donors (Lipinski definition) is 1. The number of rotatable bonds is 5. The van der Waals surface area contributed by atoms with Gasteiger partial charge in [0.2, 0.25) is 5.91 Å². The molecular formula is C17H23BrN2O3. The number of halogens is 1. The maximum atomic E-state index is 12.5. The van der Waals surface area contributed by atoms with Gasteiger partial charge in [0.25, 0.3) is 5.91 Å². The Labute approximate surface area is 145 Å². The van der Waals surface area contributed by atoms with Crippen LogP contribution in [0.5, 0.6) is 0 Å². The standard InChI is InChI=1S/C17H23BrN2O3/c1-2-19(11-12-21)16(22)14-7-9-20(10-8-14)17(23)13-3-5-15(18)6-4-13/h3-6,14,21H,2,7-12H2,1H3. The molecular weight excluding hydrogens is 360 g/mol. The van der Waals surface area contributed by atoms with Gasteiger partial charge in [-0.15, -0.1) is 0 Å². The molecule has 1 saturated heterocycles. The quantitative estimate of drug-likeness (QED) is 0.848. The van der Waals surface area contributed by atoms with Crippen LogP contribution in [-0.2, 0) is 4.79 Å². The van der Waals surface area contributed by atoms with Gasteiger partial charge in [0, 0.05) is 42.1 Å². The Morgan fingerprint density at radius 2 is 1.87 bits per heavy atom. The third-order valence-electron chi connectivity index (χ3n) is 4.29. The van der Waals surface area contributed by atoms with E-state index in [0.717, 1.165) is 4.47 Å². The fourth-order valence-corrected chi connectivity index (χ4v) is 3.17. The van der Waals surface area contributed by atoms with Gasteiger partial charge >= 0.3 is 0 Å². The van der Waals surface area contributed by atoms with Gasteiger partial charge < -0.3 is 14.9 Å². The van der Waals surface area contributed by atoms with E-state index < -0.39 is 0 Å². The van der Waals surface area contributed by atoms with Gasteiger partial charge in [0.15, 0.2) is 0 Å². The highest BCUT2D eigenvalue weighted by Crippen LogP contribution is 2.22. The summed E-state index contributed by atoms with van der Waals surface area (Å²) in [6.07, 6.45) is 1.37. The molecule has 0 unspecified atom stereocenters. The van der Waals surface area contributed by atoms with Crippen molar-refractivity contribution in [2.45, 2.75) is 19.8 Å². The lowest BCUT2D eigenvalue weighted by Gasteiger charge is -2.34. The lowest BCUT2D eigenvalue weighted by molar-refractivity contribution is -0.137. The molecule has 0 spiro atoms. The smallest absolute Gasteiger partial charge is 0.253 e. The van der Waals surface area contributed by atoms with E-state index in [1.807, 2.05) is 36.1 Å². The molecule has 0 saturated carbocycles. The van der Waals surface area contributed by atoms with E-state index in [1.54, 1.807) is 4.90 Å². The van der Waals surface area contributed by atoms with Gasteiger partial charge in [-0.3, -0.25) is 9.59 Å². The molecule has 126 valence electrons. The molecule has 1 aromatic carbocycles. The molecule has 1 aliphatic heterocycles. The Balaban J connectivity index is 1.91. The van der Waals surface area contributed by atoms with E-state index in [0.29, 0.717) is 44.6 Å². The van der Waals surface area contributed by atoms with Crippen molar-refractivity contribution in [3.8, 4) is 0 Å². The third-order valence-corrected chi connectivity index (χ3v) is 4.81. The molecule has 23 heavy (non-hydrogen) atoms. The van der Waals surface area contributed by atoms with Crippen LogP contribution in [0.3, 0.4) is 0 Å². The highest BCUT2D eigenvalue weighted by atomic mass is 79.9. The number of carbonyl (C=O) groups excluding carboxylic acids is 2. The van der Waals surface area contributed by atoms with Crippen molar-refractivity contribution in [2.75, 3.05) is 32.8 Å². The molecule has 0 atom stereocenters. The molecule has 2 amide bonds. The molecule has 1 aromatic rings. The predicted molar refractivity (Wildman–Crippen MR) is 92.1 cm³/mol. The second kappa shape index (κ2) is 8.45. The Kier molecular flexibility index (Phi) is 6.59. The van der Waals surface area contributed by atoms with Crippen LogP contribution in [-0.4, -0.2) is 59.5 Å². The first-order valence-corrected chi connectivity index (χ1v) is 8.80. The average molecular weight is 383 g/mol. The van der Waals surface area contributed by atoms with Gasteiger partial charge in [-0.2, -0.15) is 0 Å². The maximum Gasteiger partial charge on any atom is 0.253 e. The van der Waals surface area contributed by atoms with Gasteiger partial charge in [-0.1, -0.05) is 15.9 Å². The normalized spacial score (nSPS) is 15.5. The van der Waals surface area contributed by atoms with E-state index in [9.17, 15) is 9.59 Å². The second-order valence-corrected chi connectivity index (χ2v) is 6.63. The van der Waals surface area contributed by atoms with Crippen molar-refractivity contribution in [1.82, 2.24) is 9.80 Å². The molecule has 0 radical (unpaired) electrons. The minimum absolute atomic E-state index is 0.0134. The fourth-order valence-electron chi connectivity index (χ4n) is 2.91. The molecule has 1 aliphatic rings. The summed E-state index contributed by atoms with van der Waals surface area (Å²) in [5.41, 5.74) is 0.674. The van der Waals surface area contributed by atoms with Crippen LogP contribution in [0.4, 0.5) is 0 Å². The predicted octanol–water partition coefficient (Wildman–Crippen LogP) is 2.14. The van der Waals surface area contributed by atoms with E-state index >= 15 is 0 Å². The van der Waals surface area contributed by atoms with Gasteiger partial charge in [-0.25, -0.2) is 0 Å². The molecule has 1 N–H and O–H groups in total. The molecule has 1 fully saturated rings. The number of nitrogens with zero attached hydrogens (tertiary/aromatic N) is 2. The summed E-state index contributed by atoms with van der Waals surface area (Å²) in [7, 11) is 0. The summed E-state index contributed by atoms with van der Waals surface area (Å²) in [6.45, 7) is 4.09. The third kappa shape index (κ3) is 4.54. The van der Waals surface area contributed by atoms with Gasteiger partial charge in [0.1, 0.15) is 0 Å². The first-order chi connectivity index (χ1) is 11.1. The first-order valence-electron chi connectivity index (χ1n) is 8.01. The van der Waals surface area contributed by atoms with Gasteiger partial charge in [0.05, 0.1) is 6.61 Å². The number of carbonyl (C=O) groups is 2. The SMILES string of the molecule is CCN(CCO)C(=O)C1CCN(C(=O)c2ccc(Br)cc2)CC1. The fraction of sp³-hybridized carbons (Fsp3) is 0.529. The van der Waals surface area contributed by atoms with Crippen LogP contribution in [0.2, 0.25) is 0 Å². The molecule has 0 aromatic heterocycles. The molecule has 1 heterocycles. The zero-order chi connectivity index (χ0) is 16.8. The Hall–Kier alpha value is -1.40. The summed E-state index contributed by atoms with van der Waals surface area (Å²) in [4.78, 5) is 28.4. The van der Waals surface area contributed by atoms with Crippen molar-refractivity contribution < 1.29 is 14.7 Å². The Morgan fingerprint density at radius 1 is 1.26 bits per heavy atom. The Bertz CT molecular complexity index is 539. The number of piperidine rings is 1. The van der Waals surface area contributed by atoms with Crippen molar-refractivity contribution in [2.24, 2.45) is 5.92 Å². The number of benzene rings is 1. The summed E-state index contributed by atoms with van der Waals surface area (Å²) in [6, 6.07) is 7.34. The van der Waals surface area contributed by atoms with E-state index in [4.69, 9.17) is 5.11 Å². The minimum Gasteiger partial charge on any atom is -0.395 e. The zero-order valence-corrected chi connectivity index (χ0v) is 15.0. The van der Waals surface area contributed by atoms with Crippen LogP contribution in [0.15, 0.2) is 28.7 Å². The highest BCUT2D eigenvalue weighted by Gasteiger charge is 2.29. The summed E-state index contributed by atoms with van der Waals surface area (Å²) < 4.78 is 0.946. The molecule has 2 rings (SSSR count). The highest BCUT2D eigenvalue weighted by molar-refractivity contribution is 9.10. The van der Waals surface area contributed by atoms with Crippen LogP contribution in [0.25, 0.3) is 0 Å². The maximum absolute atomic E-state index is 12.5. The molecule has 0 aliphatic carbocycles. The van der Waals surface area contributed by atoms with Crippen molar-refractivity contribution >= 4 is 27.7 Å². The number of likely N-dealkylation sites (N-methyl/N-ethyl adjacent to an activating group) is 1. The number of likely N-dealkylation sites (tertiary alicyclic amines) is 1. The number of aliphatic hydroxyl groups is 1. The molecule has 5 nitrogen and oxygen atoms in total. The van der Waals surface area contributed by atoms with Crippen LogP contribution in [0, 0.1) is 5.92 Å². The molecule has 6 heteroatoms. The summed E-state index contributed by atoms with van der Waals surface area (Å²) >= 11 is 3.36. The average Bonchev–Trinajstić information content (AvgIpc) is 2.59. The van der Waals surface area contributed by atoms with E-state index in [2.05, 4.69) is 15.9 Å². The lowest BCUT2D eigenvalue weighted by atomic mass is 9.94. The van der Waals surface area contributed by atoms with E-state index in [1.165, 1.54) is 0 Å². The number of hydrogen-bond acceptors (Lipinski definition) is 3. The summed E-state index contributed by atoms with van der Waals surface area (Å²) in [5.74, 6) is 0.0684. The lowest BCUT2D eigenvalue weighted by Crippen LogP contribution is -2.45. The summed E-state index contributed by atoms with van der Waals surface area (Å²) in [5, 5.41) is 9.03. The van der Waals surface area contributed by atoms with Crippen LogP contribution in [0.1, 0.15) is 30.1 Å². The van der Waals surface area contributed by atoms with E-state index in [-0.39, 0.29) is 24.3 Å². The van der Waals surface area contributed by atoms with Crippen molar-refractivity contribution in [1.29, 1.82) is 0 Å². The monoisotopic (exact) mass is 382 g/mol. The van der Waals surface area contributed by atoms with Crippen LogP contribution >= 0.6 is 15.9 Å². The largest absolute Gasteiger partial charge is 0.395 e. The molecule has 0 bridgehead atoms. The van der Waals surface area contributed by atoms with Crippen molar-refractivity contribution in [3.05, 3.63) is 34.3 Å². The number of aliphatic hydroxyl groups excluding tert-OH is 1. The van der Waals surface area contributed by atoms with Gasteiger partial charge in [-0.05, 0) is 44.0 Å². The minimum atomic E-state index is -0.0459.